The summed E-state index contributed by atoms with van der Waals surface area (Å²) in [5, 5.41) is 9.79. The maximum absolute atomic E-state index is 9.53. The fourth-order valence-corrected chi connectivity index (χ4v) is 3.06. The van der Waals surface area contributed by atoms with E-state index in [1.165, 1.54) is 0 Å². The molecule has 0 amide bonds. The van der Waals surface area contributed by atoms with Crippen LogP contribution in [0.2, 0.25) is 18.1 Å². The lowest BCUT2D eigenvalue weighted by molar-refractivity contribution is -0.183. The Morgan fingerprint density at radius 2 is 1.89 bits per heavy atom. The lowest BCUT2D eigenvalue weighted by Gasteiger charge is -2.37. The van der Waals surface area contributed by atoms with Crippen LogP contribution in [0.1, 0.15) is 47.0 Å². The zero-order chi connectivity index (χ0) is 14.0. The lowest BCUT2D eigenvalue weighted by atomic mass is 9.94. The van der Waals surface area contributed by atoms with Crippen molar-refractivity contribution in [2.45, 2.75) is 77.5 Å². The molecule has 3 nitrogen and oxygen atoms in total. The quantitative estimate of drug-likeness (QED) is 0.797. The first-order chi connectivity index (χ1) is 8.13. The third kappa shape index (κ3) is 4.33. The zero-order valence-corrected chi connectivity index (χ0v) is 13.8. The Balaban J connectivity index is 2.37. The number of ether oxygens (including phenoxy) is 1. The molecule has 1 saturated heterocycles. The van der Waals surface area contributed by atoms with Crippen LogP contribution in [0, 0.1) is 5.92 Å². The fourth-order valence-electron chi connectivity index (χ4n) is 1.99. The molecular formula is C14H30O3Si. The summed E-state index contributed by atoms with van der Waals surface area (Å²) in [4.78, 5) is 0. The third-order valence-electron chi connectivity index (χ3n) is 4.51. The molecule has 1 heterocycles. The number of aliphatic hydroxyl groups excluding tert-OH is 1. The minimum atomic E-state index is -1.65. The average molecular weight is 274 g/mol. The molecule has 1 fully saturated rings. The van der Waals surface area contributed by atoms with E-state index in [1.807, 2.05) is 0 Å². The molecule has 1 unspecified atom stereocenters. The molecule has 4 heteroatoms. The normalized spacial score (nSPS) is 30.5. The van der Waals surface area contributed by atoms with E-state index in [0.717, 1.165) is 25.9 Å². The molecule has 0 bridgehead atoms. The van der Waals surface area contributed by atoms with Crippen LogP contribution in [0.5, 0.6) is 0 Å². The SMILES string of the molecule is C[C@H]1CCC(O)O[C@@H]1CCO[Si](C)(C)C(C)(C)C. The zero-order valence-electron chi connectivity index (χ0n) is 12.8. The van der Waals surface area contributed by atoms with Gasteiger partial charge in [-0.3, -0.25) is 0 Å². The molecule has 0 aromatic rings. The maximum Gasteiger partial charge on any atom is 0.191 e. The van der Waals surface area contributed by atoms with Crippen LogP contribution in [0.3, 0.4) is 0 Å². The molecule has 0 spiro atoms. The first-order valence-electron chi connectivity index (χ1n) is 7.11. The second kappa shape index (κ2) is 6.03. The molecule has 0 aliphatic carbocycles. The molecule has 1 N–H and O–H groups in total. The van der Waals surface area contributed by atoms with Gasteiger partial charge in [0.2, 0.25) is 0 Å². The summed E-state index contributed by atoms with van der Waals surface area (Å²) in [6.07, 6.45) is 2.29. The lowest BCUT2D eigenvalue weighted by Crippen LogP contribution is -2.42. The van der Waals surface area contributed by atoms with Crippen molar-refractivity contribution in [3.63, 3.8) is 0 Å². The van der Waals surface area contributed by atoms with Crippen LogP contribution in [0.25, 0.3) is 0 Å². The van der Waals surface area contributed by atoms with Crippen molar-refractivity contribution < 1.29 is 14.3 Å². The van der Waals surface area contributed by atoms with Crippen molar-refractivity contribution in [2.75, 3.05) is 6.61 Å². The highest BCUT2D eigenvalue weighted by Gasteiger charge is 2.37. The van der Waals surface area contributed by atoms with Crippen molar-refractivity contribution in [3.05, 3.63) is 0 Å². The van der Waals surface area contributed by atoms with E-state index in [-0.39, 0.29) is 11.1 Å². The first kappa shape index (κ1) is 16.2. The van der Waals surface area contributed by atoms with Gasteiger partial charge in [0.05, 0.1) is 6.10 Å². The Hall–Kier alpha value is 0.0969. The van der Waals surface area contributed by atoms with Crippen LogP contribution in [-0.4, -0.2) is 32.4 Å². The summed E-state index contributed by atoms with van der Waals surface area (Å²) in [7, 11) is -1.65. The van der Waals surface area contributed by atoms with E-state index >= 15 is 0 Å². The Morgan fingerprint density at radius 3 is 2.44 bits per heavy atom. The largest absolute Gasteiger partial charge is 0.417 e. The third-order valence-corrected chi connectivity index (χ3v) is 9.05. The van der Waals surface area contributed by atoms with Gasteiger partial charge in [0.15, 0.2) is 14.6 Å². The highest BCUT2D eigenvalue weighted by Crippen LogP contribution is 2.37. The number of hydrogen-bond acceptors (Lipinski definition) is 3. The summed E-state index contributed by atoms with van der Waals surface area (Å²) >= 11 is 0. The van der Waals surface area contributed by atoms with Crippen LogP contribution in [0.4, 0.5) is 0 Å². The van der Waals surface area contributed by atoms with E-state index in [0.29, 0.717) is 5.92 Å². The van der Waals surface area contributed by atoms with Crippen molar-refractivity contribution in [3.8, 4) is 0 Å². The minimum Gasteiger partial charge on any atom is -0.417 e. The average Bonchev–Trinajstić information content (AvgIpc) is 2.21. The van der Waals surface area contributed by atoms with Crippen molar-refractivity contribution in [2.24, 2.45) is 5.92 Å². The minimum absolute atomic E-state index is 0.151. The van der Waals surface area contributed by atoms with Gasteiger partial charge in [0, 0.05) is 6.61 Å². The molecule has 1 rings (SSSR count). The van der Waals surface area contributed by atoms with Gasteiger partial charge in [0.1, 0.15) is 0 Å². The van der Waals surface area contributed by atoms with Crippen molar-refractivity contribution >= 4 is 8.32 Å². The standard InChI is InChI=1S/C14H30O3Si/c1-11-7-8-13(15)17-12(11)9-10-16-18(5,6)14(2,3)4/h11-13,15H,7-10H2,1-6H3/t11-,12+,13?/m0/s1. The van der Waals surface area contributed by atoms with Gasteiger partial charge in [-0.05, 0) is 43.3 Å². The summed E-state index contributed by atoms with van der Waals surface area (Å²) in [5.74, 6) is 0.524. The second-order valence-electron chi connectivity index (χ2n) is 7.08. The Labute approximate surface area is 113 Å². The summed E-state index contributed by atoms with van der Waals surface area (Å²) in [6.45, 7) is 14.2. The Kier molecular flexibility index (Phi) is 5.41. The van der Waals surface area contributed by atoms with E-state index in [1.54, 1.807) is 0 Å². The van der Waals surface area contributed by atoms with Crippen molar-refractivity contribution in [1.29, 1.82) is 0 Å². The van der Waals surface area contributed by atoms with Crippen LogP contribution in [-0.2, 0) is 9.16 Å². The van der Waals surface area contributed by atoms with E-state index in [9.17, 15) is 5.11 Å². The molecule has 0 aromatic carbocycles. The number of aliphatic hydroxyl groups is 1. The van der Waals surface area contributed by atoms with Crippen LogP contribution in [0.15, 0.2) is 0 Å². The van der Waals surface area contributed by atoms with E-state index in [2.05, 4.69) is 40.8 Å². The number of rotatable bonds is 4. The van der Waals surface area contributed by atoms with Crippen LogP contribution < -0.4 is 0 Å². The molecular weight excluding hydrogens is 244 g/mol. The van der Waals surface area contributed by atoms with Gasteiger partial charge in [0.25, 0.3) is 0 Å². The van der Waals surface area contributed by atoms with E-state index < -0.39 is 14.6 Å². The van der Waals surface area contributed by atoms with Gasteiger partial charge in [-0.1, -0.05) is 27.7 Å². The monoisotopic (exact) mass is 274 g/mol. The Bertz CT molecular complexity index is 260. The van der Waals surface area contributed by atoms with Crippen LogP contribution >= 0.6 is 0 Å². The molecule has 0 aromatic heterocycles. The van der Waals surface area contributed by atoms with Gasteiger partial charge in [-0.25, -0.2) is 0 Å². The molecule has 0 saturated carbocycles. The predicted octanol–water partition coefficient (Wildman–Crippen LogP) is 3.53. The molecule has 3 atom stereocenters. The highest BCUT2D eigenvalue weighted by molar-refractivity contribution is 6.74. The van der Waals surface area contributed by atoms with Gasteiger partial charge in [-0.2, -0.15) is 0 Å². The molecule has 1 aliphatic heterocycles. The smallest absolute Gasteiger partial charge is 0.191 e. The summed E-state index contributed by atoms with van der Waals surface area (Å²) in [5.41, 5.74) is 0. The first-order valence-corrected chi connectivity index (χ1v) is 10.0. The number of hydrogen-bond donors (Lipinski definition) is 1. The van der Waals surface area contributed by atoms with Gasteiger partial charge in [-0.15, -0.1) is 0 Å². The van der Waals surface area contributed by atoms with Gasteiger partial charge < -0.3 is 14.3 Å². The maximum atomic E-state index is 9.53. The highest BCUT2D eigenvalue weighted by atomic mass is 28.4. The molecule has 108 valence electrons. The van der Waals surface area contributed by atoms with Gasteiger partial charge >= 0.3 is 0 Å². The fraction of sp³-hybridized carbons (Fsp3) is 1.00. The molecule has 0 radical (unpaired) electrons. The predicted molar refractivity (Wildman–Crippen MR) is 77.0 cm³/mol. The molecule has 18 heavy (non-hydrogen) atoms. The summed E-state index contributed by atoms with van der Waals surface area (Å²) < 4.78 is 11.7. The molecule has 1 aliphatic rings. The topological polar surface area (TPSA) is 38.7 Å². The summed E-state index contributed by atoms with van der Waals surface area (Å²) in [6, 6.07) is 0. The van der Waals surface area contributed by atoms with E-state index in [4.69, 9.17) is 9.16 Å². The Morgan fingerprint density at radius 1 is 1.28 bits per heavy atom. The van der Waals surface area contributed by atoms with Crippen molar-refractivity contribution in [1.82, 2.24) is 0 Å². The second-order valence-corrected chi connectivity index (χ2v) is 11.9.